The lowest BCUT2D eigenvalue weighted by molar-refractivity contribution is 0.0690. The summed E-state index contributed by atoms with van der Waals surface area (Å²) < 4.78 is 26.7. The maximum absolute atomic E-state index is 12.2. The molecule has 0 aliphatic rings. The zero-order valence-corrected chi connectivity index (χ0v) is 12.4. The van der Waals surface area contributed by atoms with Gasteiger partial charge in [-0.2, -0.15) is 0 Å². The molecule has 0 amide bonds. The van der Waals surface area contributed by atoms with Gasteiger partial charge in [-0.05, 0) is 32.0 Å². The van der Waals surface area contributed by atoms with Crippen molar-refractivity contribution >= 4 is 33.1 Å². The van der Waals surface area contributed by atoms with Crippen molar-refractivity contribution in [1.29, 1.82) is 0 Å². The average molecular weight is 312 g/mol. The van der Waals surface area contributed by atoms with Crippen molar-refractivity contribution in [2.24, 2.45) is 0 Å². The number of pyridine rings is 1. The summed E-state index contributed by atoms with van der Waals surface area (Å²) in [5.41, 5.74) is -0.219. The normalized spacial score (nSPS) is 11.3. The van der Waals surface area contributed by atoms with Crippen molar-refractivity contribution in [1.82, 2.24) is 4.98 Å². The van der Waals surface area contributed by atoms with Gasteiger partial charge in [0.25, 0.3) is 10.0 Å². The summed E-state index contributed by atoms with van der Waals surface area (Å²) in [5, 5.41) is 8.83. The van der Waals surface area contributed by atoms with E-state index in [0.29, 0.717) is 4.88 Å². The fraction of sp³-hybridized carbons (Fsp3) is 0.167. The first-order valence-corrected chi connectivity index (χ1v) is 7.90. The minimum absolute atomic E-state index is 0.0202. The van der Waals surface area contributed by atoms with E-state index in [0.717, 1.165) is 4.88 Å². The molecule has 0 atom stereocenters. The SMILES string of the molecule is Cc1cc(S(=O)(=O)Nc2cccc(C(=O)O)n2)c(C)s1. The molecule has 0 radical (unpaired) electrons. The number of aromatic nitrogens is 1. The number of anilines is 1. The number of rotatable bonds is 4. The van der Waals surface area contributed by atoms with Crippen LogP contribution in [0.5, 0.6) is 0 Å². The number of nitrogens with one attached hydrogen (secondary N) is 1. The number of sulfonamides is 1. The Hall–Kier alpha value is -1.93. The van der Waals surface area contributed by atoms with E-state index in [1.54, 1.807) is 13.0 Å². The first kappa shape index (κ1) is 14.5. The number of hydrogen-bond acceptors (Lipinski definition) is 5. The number of aryl methyl sites for hydroxylation is 2. The minimum Gasteiger partial charge on any atom is -0.477 e. The van der Waals surface area contributed by atoms with Crippen LogP contribution in [0, 0.1) is 13.8 Å². The quantitative estimate of drug-likeness (QED) is 0.902. The molecule has 0 bridgehead atoms. The zero-order valence-electron chi connectivity index (χ0n) is 10.7. The zero-order chi connectivity index (χ0) is 14.9. The van der Waals surface area contributed by atoms with Gasteiger partial charge in [-0.25, -0.2) is 18.2 Å². The van der Waals surface area contributed by atoms with E-state index in [1.807, 2.05) is 6.92 Å². The predicted molar refractivity (Wildman–Crippen MR) is 75.8 cm³/mol. The number of carboxylic acid groups (broad SMARTS) is 1. The Kier molecular flexibility index (Phi) is 3.78. The van der Waals surface area contributed by atoms with Gasteiger partial charge in [-0.1, -0.05) is 6.07 Å². The Morgan fingerprint density at radius 1 is 1.35 bits per heavy atom. The lowest BCUT2D eigenvalue weighted by atomic mass is 10.3. The lowest BCUT2D eigenvalue weighted by Gasteiger charge is -2.07. The van der Waals surface area contributed by atoms with Crippen molar-refractivity contribution in [3.63, 3.8) is 0 Å². The number of carbonyl (C=O) groups is 1. The molecule has 2 rings (SSSR count). The number of hydrogen-bond donors (Lipinski definition) is 2. The molecule has 2 aromatic heterocycles. The van der Waals surface area contributed by atoms with Crippen LogP contribution in [0.25, 0.3) is 0 Å². The van der Waals surface area contributed by atoms with Crippen molar-refractivity contribution in [2.75, 3.05) is 4.72 Å². The second-order valence-electron chi connectivity index (χ2n) is 4.10. The summed E-state index contributed by atoms with van der Waals surface area (Å²) in [5.74, 6) is -1.23. The van der Waals surface area contributed by atoms with Crippen LogP contribution >= 0.6 is 11.3 Å². The van der Waals surface area contributed by atoms with Crippen molar-refractivity contribution in [3.8, 4) is 0 Å². The molecule has 2 aromatic rings. The largest absolute Gasteiger partial charge is 0.477 e. The summed E-state index contributed by atoms with van der Waals surface area (Å²) >= 11 is 1.38. The van der Waals surface area contributed by atoms with Gasteiger partial charge in [0.15, 0.2) is 5.69 Å². The highest BCUT2D eigenvalue weighted by Gasteiger charge is 2.20. The first-order chi connectivity index (χ1) is 9.29. The summed E-state index contributed by atoms with van der Waals surface area (Å²) in [6.07, 6.45) is 0. The Morgan fingerprint density at radius 3 is 2.60 bits per heavy atom. The van der Waals surface area contributed by atoms with E-state index in [9.17, 15) is 13.2 Å². The van der Waals surface area contributed by atoms with E-state index in [4.69, 9.17) is 5.11 Å². The molecule has 0 unspecified atom stereocenters. The third kappa shape index (κ3) is 2.97. The number of aromatic carboxylic acids is 1. The standard InChI is InChI=1S/C12H12N2O4S2/c1-7-6-10(8(2)19-7)20(17,18)14-11-5-3-4-9(13-11)12(15)16/h3-6H,1-2H3,(H,13,14)(H,15,16). The van der Waals surface area contributed by atoms with E-state index < -0.39 is 16.0 Å². The van der Waals surface area contributed by atoms with Gasteiger partial charge in [-0.3, -0.25) is 4.72 Å². The molecule has 0 aliphatic carbocycles. The van der Waals surface area contributed by atoms with Gasteiger partial charge < -0.3 is 5.11 Å². The molecule has 8 heteroatoms. The van der Waals surface area contributed by atoms with Gasteiger partial charge >= 0.3 is 5.97 Å². The van der Waals surface area contributed by atoms with Crippen LogP contribution in [0.15, 0.2) is 29.2 Å². The van der Waals surface area contributed by atoms with E-state index in [1.165, 1.54) is 29.5 Å². The molecule has 2 heterocycles. The van der Waals surface area contributed by atoms with Crippen LogP contribution in [0.4, 0.5) is 5.82 Å². The highest BCUT2D eigenvalue weighted by molar-refractivity contribution is 7.93. The first-order valence-electron chi connectivity index (χ1n) is 5.60. The predicted octanol–water partition coefficient (Wildman–Crippen LogP) is 2.26. The molecule has 106 valence electrons. The molecular formula is C12H12N2O4S2. The van der Waals surface area contributed by atoms with Crippen LogP contribution in [0.2, 0.25) is 0 Å². The van der Waals surface area contributed by atoms with E-state index in [-0.39, 0.29) is 16.4 Å². The second-order valence-corrected chi connectivity index (χ2v) is 7.21. The van der Waals surface area contributed by atoms with Gasteiger partial charge in [0.2, 0.25) is 0 Å². The third-order valence-electron chi connectivity index (χ3n) is 2.49. The fourth-order valence-electron chi connectivity index (χ4n) is 1.68. The second kappa shape index (κ2) is 5.22. The number of thiophene rings is 1. The fourth-order valence-corrected chi connectivity index (χ4v) is 4.23. The third-order valence-corrected chi connectivity index (χ3v) is 5.07. The molecule has 0 aliphatic heterocycles. The van der Waals surface area contributed by atoms with Gasteiger partial charge in [0.05, 0.1) is 0 Å². The summed E-state index contributed by atoms with van der Waals surface area (Å²) in [4.78, 5) is 16.3. The van der Waals surface area contributed by atoms with E-state index in [2.05, 4.69) is 9.71 Å². The molecule has 20 heavy (non-hydrogen) atoms. The number of nitrogens with zero attached hydrogens (tertiary/aromatic N) is 1. The van der Waals surface area contributed by atoms with Crippen LogP contribution in [0.1, 0.15) is 20.2 Å². The van der Waals surface area contributed by atoms with Gasteiger partial charge in [0, 0.05) is 9.75 Å². The van der Waals surface area contributed by atoms with Crippen molar-refractivity contribution in [2.45, 2.75) is 18.7 Å². The summed E-state index contributed by atoms with van der Waals surface area (Å²) in [6, 6.07) is 5.70. The van der Waals surface area contributed by atoms with E-state index >= 15 is 0 Å². The highest BCUT2D eigenvalue weighted by atomic mass is 32.2. The minimum atomic E-state index is -3.76. The van der Waals surface area contributed by atoms with Crippen LogP contribution in [0.3, 0.4) is 0 Å². The molecule has 0 fully saturated rings. The average Bonchev–Trinajstić information content (AvgIpc) is 2.69. The number of carboxylic acids is 1. The van der Waals surface area contributed by atoms with Crippen molar-refractivity contribution < 1.29 is 18.3 Å². The molecular weight excluding hydrogens is 300 g/mol. The topological polar surface area (TPSA) is 96.4 Å². The summed E-state index contributed by atoms with van der Waals surface area (Å²) in [7, 11) is -3.76. The van der Waals surface area contributed by atoms with Crippen LogP contribution in [-0.4, -0.2) is 24.5 Å². The van der Waals surface area contributed by atoms with Gasteiger partial charge in [-0.15, -0.1) is 11.3 Å². The molecule has 0 spiro atoms. The van der Waals surface area contributed by atoms with Gasteiger partial charge in [0.1, 0.15) is 10.7 Å². The Bertz CT molecular complexity index is 766. The lowest BCUT2D eigenvalue weighted by Crippen LogP contribution is -2.15. The monoisotopic (exact) mass is 312 g/mol. The molecule has 6 nitrogen and oxygen atoms in total. The Balaban J connectivity index is 2.36. The molecule has 0 aromatic carbocycles. The van der Waals surface area contributed by atoms with Crippen LogP contribution in [-0.2, 0) is 10.0 Å². The smallest absolute Gasteiger partial charge is 0.354 e. The maximum Gasteiger partial charge on any atom is 0.354 e. The maximum atomic E-state index is 12.2. The molecule has 0 saturated heterocycles. The van der Waals surface area contributed by atoms with Crippen molar-refractivity contribution in [3.05, 3.63) is 39.7 Å². The Labute approximate surface area is 120 Å². The summed E-state index contributed by atoms with van der Waals surface area (Å²) in [6.45, 7) is 3.54. The molecule has 0 saturated carbocycles. The Morgan fingerprint density at radius 2 is 2.05 bits per heavy atom. The highest BCUT2D eigenvalue weighted by Crippen LogP contribution is 2.26. The van der Waals surface area contributed by atoms with Crippen LogP contribution < -0.4 is 4.72 Å². The molecule has 2 N–H and O–H groups in total.